The zero-order chi connectivity index (χ0) is 20.3. The fraction of sp³-hybridized carbons (Fsp3) is 0.333. The summed E-state index contributed by atoms with van der Waals surface area (Å²) >= 11 is 1.46. The lowest BCUT2D eigenvalue weighted by molar-refractivity contribution is -0.122. The second-order valence-electron chi connectivity index (χ2n) is 8.52. The van der Waals surface area contributed by atoms with Crippen LogP contribution in [0.3, 0.4) is 0 Å². The van der Waals surface area contributed by atoms with Crippen molar-refractivity contribution >= 4 is 34.6 Å². The molecule has 28 heavy (non-hydrogen) atoms. The number of carbonyl (C=O) groups is 1. The molecule has 0 bridgehead atoms. The van der Waals surface area contributed by atoms with Gasteiger partial charge in [-0.3, -0.25) is 9.69 Å². The first-order valence-electron chi connectivity index (χ1n) is 9.70. The van der Waals surface area contributed by atoms with Gasteiger partial charge < -0.3 is 0 Å². The first-order valence-corrected chi connectivity index (χ1v) is 10.5. The third kappa shape index (κ3) is 4.93. The number of thioether (sulfide) groups is 1. The molecule has 4 heteroatoms. The number of amides is 1. The van der Waals surface area contributed by atoms with Gasteiger partial charge in [0.1, 0.15) is 0 Å². The predicted molar refractivity (Wildman–Crippen MR) is 121 cm³/mol. The van der Waals surface area contributed by atoms with Crippen molar-refractivity contribution in [3.63, 3.8) is 0 Å². The molecule has 3 nitrogen and oxygen atoms in total. The summed E-state index contributed by atoms with van der Waals surface area (Å²) < 4.78 is 0. The lowest BCUT2D eigenvalue weighted by Crippen LogP contribution is -2.32. The minimum atomic E-state index is 0.0354. The molecule has 146 valence electrons. The predicted octanol–water partition coefficient (Wildman–Crippen LogP) is 6.24. The van der Waals surface area contributed by atoms with E-state index in [0.29, 0.717) is 12.5 Å². The average Bonchev–Trinajstić information content (AvgIpc) is 2.91. The SMILES string of the molecule is CC(C)CN1C(=O)/C(=C/c2ccc(C(C)(C)C)cc2)SC1=Nc1ccccc1. The van der Waals surface area contributed by atoms with Crippen LogP contribution in [-0.4, -0.2) is 22.5 Å². The number of hydrogen-bond acceptors (Lipinski definition) is 3. The van der Waals surface area contributed by atoms with E-state index in [1.807, 2.05) is 36.4 Å². The Morgan fingerprint density at radius 1 is 1.04 bits per heavy atom. The molecule has 1 fully saturated rings. The van der Waals surface area contributed by atoms with E-state index in [1.54, 1.807) is 4.90 Å². The zero-order valence-corrected chi connectivity index (χ0v) is 18.1. The standard InChI is InChI=1S/C24H28N2OS/c1-17(2)16-26-22(27)21(28-23(26)25-20-9-7-6-8-10-20)15-18-11-13-19(14-12-18)24(3,4)5/h6-15,17H,16H2,1-5H3/b21-15-,25-23?. The monoisotopic (exact) mass is 392 g/mol. The molecule has 2 aromatic carbocycles. The van der Waals surface area contributed by atoms with E-state index < -0.39 is 0 Å². The maximum Gasteiger partial charge on any atom is 0.266 e. The largest absolute Gasteiger partial charge is 0.286 e. The molecular weight excluding hydrogens is 364 g/mol. The zero-order valence-electron chi connectivity index (χ0n) is 17.3. The Kier molecular flexibility index (Phi) is 6.09. The summed E-state index contributed by atoms with van der Waals surface area (Å²) in [5, 5.41) is 0.752. The molecule has 3 rings (SSSR count). The van der Waals surface area contributed by atoms with E-state index in [2.05, 4.69) is 58.9 Å². The van der Waals surface area contributed by atoms with Gasteiger partial charge in [0, 0.05) is 6.54 Å². The number of para-hydroxylation sites is 1. The highest BCUT2D eigenvalue weighted by molar-refractivity contribution is 8.18. The number of hydrogen-bond donors (Lipinski definition) is 0. The molecule has 0 unspecified atom stereocenters. The van der Waals surface area contributed by atoms with Gasteiger partial charge in [0.2, 0.25) is 0 Å². The average molecular weight is 393 g/mol. The molecular formula is C24H28N2OS. The smallest absolute Gasteiger partial charge is 0.266 e. The van der Waals surface area contributed by atoms with Crippen LogP contribution in [0.25, 0.3) is 6.08 Å². The van der Waals surface area contributed by atoms with Gasteiger partial charge in [0.25, 0.3) is 5.91 Å². The quantitative estimate of drug-likeness (QED) is 0.577. The Hall–Kier alpha value is -2.33. The summed E-state index contributed by atoms with van der Waals surface area (Å²) in [6.45, 7) is 11.5. The van der Waals surface area contributed by atoms with Crippen LogP contribution >= 0.6 is 11.8 Å². The Morgan fingerprint density at radius 2 is 1.68 bits per heavy atom. The number of benzene rings is 2. The van der Waals surface area contributed by atoms with Crippen molar-refractivity contribution in [3.8, 4) is 0 Å². The van der Waals surface area contributed by atoms with Crippen molar-refractivity contribution in [2.75, 3.05) is 6.54 Å². The maximum absolute atomic E-state index is 13.0. The van der Waals surface area contributed by atoms with Crippen LogP contribution in [0, 0.1) is 5.92 Å². The molecule has 1 amide bonds. The number of carbonyl (C=O) groups excluding carboxylic acids is 1. The van der Waals surface area contributed by atoms with Crippen molar-refractivity contribution in [3.05, 3.63) is 70.6 Å². The molecule has 0 spiro atoms. The summed E-state index contributed by atoms with van der Waals surface area (Å²) in [5.41, 5.74) is 3.30. The molecule has 0 saturated carbocycles. The topological polar surface area (TPSA) is 32.7 Å². The first-order chi connectivity index (χ1) is 13.2. The van der Waals surface area contributed by atoms with Gasteiger partial charge in [-0.2, -0.15) is 0 Å². The highest BCUT2D eigenvalue weighted by Crippen LogP contribution is 2.35. The van der Waals surface area contributed by atoms with Gasteiger partial charge in [-0.1, -0.05) is 77.1 Å². The Morgan fingerprint density at radius 3 is 2.25 bits per heavy atom. The van der Waals surface area contributed by atoms with Gasteiger partial charge >= 0.3 is 0 Å². The fourth-order valence-corrected chi connectivity index (χ4v) is 3.97. The van der Waals surface area contributed by atoms with Gasteiger partial charge in [0.15, 0.2) is 5.17 Å². The maximum atomic E-state index is 13.0. The van der Waals surface area contributed by atoms with Crippen molar-refractivity contribution in [1.82, 2.24) is 4.90 Å². The number of nitrogens with zero attached hydrogens (tertiary/aromatic N) is 2. The van der Waals surface area contributed by atoms with Crippen LogP contribution < -0.4 is 0 Å². The molecule has 0 radical (unpaired) electrons. The van der Waals surface area contributed by atoms with Crippen LogP contribution in [0.1, 0.15) is 45.7 Å². The number of rotatable bonds is 4. The fourth-order valence-electron chi connectivity index (χ4n) is 2.96. The highest BCUT2D eigenvalue weighted by Gasteiger charge is 2.33. The molecule has 0 aliphatic carbocycles. The molecule has 0 N–H and O–H groups in total. The van der Waals surface area contributed by atoms with E-state index >= 15 is 0 Å². The summed E-state index contributed by atoms with van der Waals surface area (Å²) in [6, 6.07) is 18.2. The normalized spacial score (nSPS) is 17.9. The molecule has 0 aromatic heterocycles. The van der Waals surface area contributed by atoms with Crippen molar-refractivity contribution in [2.24, 2.45) is 10.9 Å². The van der Waals surface area contributed by atoms with E-state index in [9.17, 15) is 4.79 Å². The number of aliphatic imine (C=N–C) groups is 1. The Balaban J connectivity index is 1.90. The highest BCUT2D eigenvalue weighted by atomic mass is 32.2. The molecule has 1 aliphatic rings. The van der Waals surface area contributed by atoms with Gasteiger partial charge in [-0.25, -0.2) is 4.99 Å². The Bertz CT molecular complexity index is 890. The molecule has 1 saturated heterocycles. The number of amidine groups is 1. The summed E-state index contributed by atoms with van der Waals surface area (Å²) in [7, 11) is 0. The lowest BCUT2D eigenvalue weighted by Gasteiger charge is -2.18. The molecule has 1 aliphatic heterocycles. The first kappa shape index (κ1) is 20.4. The van der Waals surface area contributed by atoms with Crippen LogP contribution in [0.2, 0.25) is 0 Å². The van der Waals surface area contributed by atoms with E-state index in [-0.39, 0.29) is 11.3 Å². The van der Waals surface area contributed by atoms with Crippen LogP contribution in [0.4, 0.5) is 5.69 Å². The van der Waals surface area contributed by atoms with Gasteiger partial charge in [-0.05, 0) is 52.4 Å². The van der Waals surface area contributed by atoms with Crippen molar-refractivity contribution in [2.45, 2.75) is 40.0 Å². The second-order valence-corrected chi connectivity index (χ2v) is 9.53. The van der Waals surface area contributed by atoms with Crippen LogP contribution in [-0.2, 0) is 10.2 Å². The van der Waals surface area contributed by atoms with Crippen molar-refractivity contribution in [1.29, 1.82) is 0 Å². The molecule has 0 atom stereocenters. The van der Waals surface area contributed by atoms with Crippen molar-refractivity contribution < 1.29 is 4.79 Å². The van der Waals surface area contributed by atoms with Crippen LogP contribution in [0.15, 0.2) is 64.5 Å². The van der Waals surface area contributed by atoms with E-state index in [0.717, 1.165) is 21.3 Å². The van der Waals surface area contributed by atoms with E-state index in [4.69, 9.17) is 4.99 Å². The summed E-state index contributed by atoms with van der Waals surface area (Å²) in [6.07, 6.45) is 1.97. The van der Waals surface area contributed by atoms with E-state index in [1.165, 1.54) is 17.3 Å². The third-order valence-corrected chi connectivity index (χ3v) is 5.50. The van der Waals surface area contributed by atoms with Crippen LogP contribution in [0.5, 0.6) is 0 Å². The van der Waals surface area contributed by atoms with Gasteiger partial charge in [0.05, 0.1) is 10.6 Å². The van der Waals surface area contributed by atoms with Gasteiger partial charge in [-0.15, -0.1) is 0 Å². The minimum absolute atomic E-state index is 0.0354. The third-order valence-electron chi connectivity index (χ3n) is 4.49. The Labute approximate surface area is 172 Å². The lowest BCUT2D eigenvalue weighted by atomic mass is 9.87. The molecule has 2 aromatic rings. The molecule has 1 heterocycles. The minimum Gasteiger partial charge on any atom is -0.286 e. The summed E-state index contributed by atoms with van der Waals surface area (Å²) in [4.78, 5) is 20.3. The summed E-state index contributed by atoms with van der Waals surface area (Å²) in [5.74, 6) is 0.407. The second kappa shape index (κ2) is 8.36.